The fraction of sp³-hybridized carbons (Fsp3) is 0.867. The topological polar surface area (TPSA) is 78.9 Å². The quantitative estimate of drug-likeness (QED) is 0.832. The van der Waals surface area contributed by atoms with E-state index in [1.807, 2.05) is 0 Å². The lowest BCUT2D eigenvalue weighted by atomic mass is 9.86. The highest BCUT2D eigenvalue weighted by atomic mass is 16.5. The Labute approximate surface area is 125 Å². The number of urea groups is 1. The standard InChI is InChI=1S/C15H26N2O4/c1-3-15(4-2)10-11(7-9-21-15)16-14(20)17-8-5-6-12(17)13(18)19/h11-12H,3-10H2,1-2H3,(H,16,20)(H,18,19)/t11?,12-/m0/s1. The molecule has 2 rings (SSSR count). The first kappa shape index (κ1) is 16.1. The van der Waals surface area contributed by atoms with Gasteiger partial charge in [-0.2, -0.15) is 0 Å². The zero-order valence-corrected chi connectivity index (χ0v) is 12.9. The van der Waals surface area contributed by atoms with Gasteiger partial charge in [-0.15, -0.1) is 0 Å². The SMILES string of the molecule is CCC1(CC)CC(NC(=O)N2CCC[C@H]2C(=O)O)CCO1. The van der Waals surface area contributed by atoms with E-state index in [1.165, 1.54) is 4.90 Å². The summed E-state index contributed by atoms with van der Waals surface area (Å²) in [5, 5.41) is 12.2. The van der Waals surface area contributed by atoms with Crippen LogP contribution in [0.3, 0.4) is 0 Å². The predicted molar refractivity (Wildman–Crippen MR) is 78.2 cm³/mol. The molecular formula is C15H26N2O4. The number of nitrogens with zero attached hydrogens (tertiary/aromatic N) is 1. The molecule has 2 heterocycles. The number of carboxylic acid groups (broad SMARTS) is 1. The Bertz CT molecular complexity index is 395. The fourth-order valence-electron chi connectivity index (χ4n) is 3.42. The Balaban J connectivity index is 1.94. The van der Waals surface area contributed by atoms with Crippen molar-refractivity contribution in [3.63, 3.8) is 0 Å². The number of carbonyl (C=O) groups excluding carboxylic acids is 1. The number of amides is 2. The summed E-state index contributed by atoms with van der Waals surface area (Å²) < 4.78 is 5.90. The van der Waals surface area contributed by atoms with Gasteiger partial charge in [-0.05, 0) is 38.5 Å². The van der Waals surface area contributed by atoms with Crippen LogP contribution in [0.25, 0.3) is 0 Å². The third-order valence-electron chi connectivity index (χ3n) is 4.91. The minimum Gasteiger partial charge on any atom is -0.480 e. The van der Waals surface area contributed by atoms with Gasteiger partial charge in [0.05, 0.1) is 5.60 Å². The average Bonchev–Trinajstić information content (AvgIpc) is 2.97. The summed E-state index contributed by atoms with van der Waals surface area (Å²) in [4.78, 5) is 24.9. The Morgan fingerprint density at radius 2 is 2.05 bits per heavy atom. The number of carboxylic acids is 1. The smallest absolute Gasteiger partial charge is 0.326 e. The van der Waals surface area contributed by atoms with Crippen LogP contribution in [-0.4, -0.2) is 52.8 Å². The Kier molecular flexibility index (Phi) is 5.08. The summed E-state index contributed by atoms with van der Waals surface area (Å²) in [5.41, 5.74) is -0.145. The maximum Gasteiger partial charge on any atom is 0.326 e. The third-order valence-corrected chi connectivity index (χ3v) is 4.91. The normalized spacial score (nSPS) is 28.4. The Morgan fingerprint density at radius 3 is 2.67 bits per heavy atom. The highest BCUT2D eigenvalue weighted by Crippen LogP contribution is 2.31. The van der Waals surface area contributed by atoms with Gasteiger partial charge in [0.15, 0.2) is 0 Å². The second kappa shape index (κ2) is 6.64. The van der Waals surface area contributed by atoms with Gasteiger partial charge in [-0.1, -0.05) is 13.8 Å². The highest BCUT2D eigenvalue weighted by molar-refractivity contribution is 5.83. The predicted octanol–water partition coefficient (Wildman–Crippen LogP) is 1.98. The lowest BCUT2D eigenvalue weighted by Gasteiger charge is -2.40. The van der Waals surface area contributed by atoms with Crippen LogP contribution < -0.4 is 5.32 Å². The van der Waals surface area contributed by atoms with E-state index in [-0.39, 0.29) is 17.7 Å². The van der Waals surface area contributed by atoms with E-state index in [0.717, 1.165) is 32.1 Å². The minimum absolute atomic E-state index is 0.0706. The van der Waals surface area contributed by atoms with Gasteiger partial charge in [0, 0.05) is 19.2 Å². The first-order chi connectivity index (χ1) is 10.0. The largest absolute Gasteiger partial charge is 0.480 e. The van der Waals surface area contributed by atoms with Crippen molar-refractivity contribution in [1.82, 2.24) is 10.2 Å². The molecule has 0 radical (unpaired) electrons. The molecule has 2 saturated heterocycles. The van der Waals surface area contributed by atoms with Gasteiger partial charge in [0.2, 0.25) is 0 Å². The Hall–Kier alpha value is -1.30. The number of hydrogen-bond donors (Lipinski definition) is 2. The van der Waals surface area contributed by atoms with E-state index in [0.29, 0.717) is 19.6 Å². The zero-order chi connectivity index (χ0) is 15.5. The molecule has 1 unspecified atom stereocenters. The van der Waals surface area contributed by atoms with Crippen molar-refractivity contribution < 1.29 is 19.4 Å². The number of aliphatic carboxylic acids is 1. The first-order valence-corrected chi connectivity index (χ1v) is 7.95. The molecule has 2 fully saturated rings. The molecule has 2 aliphatic rings. The molecule has 0 aromatic carbocycles. The molecule has 6 heteroatoms. The van der Waals surface area contributed by atoms with Crippen molar-refractivity contribution in [2.45, 2.75) is 70.1 Å². The van der Waals surface area contributed by atoms with Crippen LogP contribution in [0.2, 0.25) is 0 Å². The van der Waals surface area contributed by atoms with Crippen molar-refractivity contribution in [3.05, 3.63) is 0 Å². The van der Waals surface area contributed by atoms with Crippen molar-refractivity contribution in [1.29, 1.82) is 0 Å². The van der Waals surface area contributed by atoms with Crippen molar-refractivity contribution in [3.8, 4) is 0 Å². The summed E-state index contributed by atoms with van der Waals surface area (Å²) >= 11 is 0. The van der Waals surface area contributed by atoms with Crippen LogP contribution in [0.5, 0.6) is 0 Å². The van der Waals surface area contributed by atoms with Crippen LogP contribution >= 0.6 is 0 Å². The monoisotopic (exact) mass is 298 g/mol. The maximum absolute atomic E-state index is 12.3. The number of nitrogens with one attached hydrogen (secondary N) is 1. The van der Waals surface area contributed by atoms with Gasteiger partial charge in [-0.3, -0.25) is 0 Å². The van der Waals surface area contributed by atoms with E-state index in [2.05, 4.69) is 19.2 Å². The lowest BCUT2D eigenvalue weighted by Crippen LogP contribution is -2.53. The van der Waals surface area contributed by atoms with Crippen LogP contribution in [0.1, 0.15) is 52.4 Å². The fourth-order valence-corrected chi connectivity index (χ4v) is 3.42. The number of hydrogen-bond acceptors (Lipinski definition) is 3. The van der Waals surface area contributed by atoms with E-state index < -0.39 is 12.0 Å². The molecule has 0 aromatic heterocycles. The molecule has 21 heavy (non-hydrogen) atoms. The summed E-state index contributed by atoms with van der Waals surface area (Å²) in [6.45, 7) is 5.39. The van der Waals surface area contributed by atoms with Crippen LogP contribution in [0, 0.1) is 0 Å². The molecule has 0 aliphatic carbocycles. The minimum atomic E-state index is -0.911. The van der Waals surface area contributed by atoms with E-state index in [9.17, 15) is 9.59 Å². The zero-order valence-electron chi connectivity index (χ0n) is 12.9. The molecule has 0 spiro atoms. The first-order valence-electron chi connectivity index (χ1n) is 7.95. The Morgan fingerprint density at radius 1 is 1.33 bits per heavy atom. The van der Waals surface area contributed by atoms with Gasteiger partial charge in [0.1, 0.15) is 6.04 Å². The molecular weight excluding hydrogens is 272 g/mol. The lowest BCUT2D eigenvalue weighted by molar-refractivity contribution is -0.141. The molecule has 2 N–H and O–H groups in total. The van der Waals surface area contributed by atoms with E-state index >= 15 is 0 Å². The van der Waals surface area contributed by atoms with E-state index in [1.54, 1.807) is 0 Å². The molecule has 0 saturated carbocycles. The average molecular weight is 298 g/mol. The summed E-state index contributed by atoms with van der Waals surface area (Å²) in [5.74, 6) is -0.911. The molecule has 2 atom stereocenters. The van der Waals surface area contributed by atoms with Crippen LogP contribution in [0.4, 0.5) is 4.79 Å². The van der Waals surface area contributed by atoms with E-state index in [4.69, 9.17) is 9.84 Å². The molecule has 2 aliphatic heterocycles. The van der Waals surface area contributed by atoms with Gasteiger partial charge in [-0.25, -0.2) is 9.59 Å². The van der Waals surface area contributed by atoms with Gasteiger partial charge in [0.25, 0.3) is 0 Å². The molecule has 0 aromatic rings. The molecule has 6 nitrogen and oxygen atoms in total. The second-order valence-electron chi connectivity index (χ2n) is 6.07. The molecule has 120 valence electrons. The van der Waals surface area contributed by atoms with Gasteiger partial charge >= 0.3 is 12.0 Å². The number of likely N-dealkylation sites (tertiary alicyclic amines) is 1. The maximum atomic E-state index is 12.3. The molecule has 0 bridgehead atoms. The van der Waals surface area contributed by atoms with Gasteiger partial charge < -0.3 is 20.1 Å². The van der Waals surface area contributed by atoms with Crippen LogP contribution in [0.15, 0.2) is 0 Å². The summed E-state index contributed by atoms with van der Waals surface area (Å²) in [6, 6.07) is -0.846. The molecule has 2 amide bonds. The van der Waals surface area contributed by atoms with Crippen molar-refractivity contribution in [2.24, 2.45) is 0 Å². The van der Waals surface area contributed by atoms with Crippen molar-refractivity contribution >= 4 is 12.0 Å². The summed E-state index contributed by atoms with van der Waals surface area (Å²) in [7, 11) is 0. The number of carbonyl (C=O) groups is 2. The van der Waals surface area contributed by atoms with Crippen LogP contribution in [-0.2, 0) is 9.53 Å². The van der Waals surface area contributed by atoms with Crippen molar-refractivity contribution in [2.75, 3.05) is 13.2 Å². The summed E-state index contributed by atoms with van der Waals surface area (Å²) in [6.07, 6.45) is 4.75. The highest BCUT2D eigenvalue weighted by Gasteiger charge is 2.38. The third kappa shape index (κ3) is 3.48. The number of rotatable bonds is 4. The number of ether oxygens (including phenoxy) is 1. The second-order valence-corrected chi connectivity index (χ2v) is 6.07.